The predicted molar refractivity (Wildman–Crippen MR) is 117 cm³/mol. The van der Waals surface area contributed by atoms with Crippen molar-refractivity contribution in [2.45, 2.75) is 22.9 Å². The molecule has 14 heteroatoms. The molecule has 3 aromatic rings. The Bertz CT molecular complexity index is 1240. The molecule has 2 atom stereocenters. The number of thioether (sulfide) groups is 2. The molecule has 32 heavy (non-hydrogen) atoms. The number of hydrogen-bond donors (Lipinski definition) is 2. The van der Waals surface area contributed by atoms with Crippen molar-refractivity contribution in [2.24, 2.45) is 0 Å². The van der Waals surface area contributed by atoms with Crippen LogP contribution in [-0.2, 0) is 20.8 Å². The number of nitrogens with one attached hydrogen (secondary N) is 1. The van der Waals surface area contributed by atoms with Crippen LogP contribution >= 0.6 is 34.9 Å². The topological polar surface area (TPSA) is 143 Å². The maximum atomic E-state index is 12.7. The lowest BCUT2D eigenvalue weighted by Crippen LogP contribution is -2.70. The highest BCUT2D eigenvalue weighted by molar-refractivity contribution is 8.01. The Kier molecular flexibility index (Phi) is 5.57. The Labute approximate surface area is 193 Å². The van der Waals surface area contributed by atoms with Gasteiger partial charge < -0.3 is 10.4 Å². The number of amides is 2. The van der Waals surface area contributed by atoms with Crippen molar-refractivity contribution < 1.29 is 19.5 Å². The summed E-state index contributed by atoms with van der Waals surface area (Å²) in [6, 6.07) is 6.47. The Balaban J connectivity index is 1.28. The predicted octanol–water partition coefficient (Wildman–Crippen LogP) is 0.654. The van der Waals surface area contributed by atoms with E-state index in [0.717, 1.165) is 4.88 Å². The number of aliphatic carboxylic acids is 1. The minimum Gasteiger partial charge on any atom is -0.477 e. The molecule has 0 aliphatic carbocycles. The molecule has 0 spiro atoms. The fourth-order valence-corrected chi connectivity index (χ4v) is 6.50. The third-order valence-electron chi connectivity index (χ3n) is 4.92. The molecule has 5 rings (SSSR count). The molecule has 0 saturated carbocycles. The number of carboxylic acid groups (broad SMARTS) is 1. The first-order chi connectivity index (χ1) is 15.5. The lowest BCUT2D eigenvalue weighted by atomic mass is 10.0. The molecule has 11 nitrogen and oxygen atoms in total. The highest BCUT2D eigenvalue weighted by Crippen LogP contribution is 2.41. The Morgan fingerprint density at radius 3 is 2.97 bits per heavy atom. The first kappa shape index (κ1) is 20.9. The quantitative estimate of drug-likeness (QED) is 0.359. The molecule has 2 aliphatic heterocycles. The number of β-lactam (4-membered cyclic amide) rings is 1. The number of carbonyl (C=O) groups excluding carboxylic acids is 2. The summed E-state index contributed by atoms with van der Waals surface area (Å²) in [7, 11) is 0. The second kappa shape index (κ2) is 8.52. The monoisotopic (exact) mass is 489 g/mol. The maximum absolute atomic E-state index is 12.7. The van der Waals surface area contributed by atoms with Crippen LogP contribution in [0.25, 0.3) is 5.65 Å². The van der Waals surface area contributed by atoms with Crippen molar-refractivity contribution >= 4 is 58.3 Å². The minimum absolute atomic E-state index is 0.0153. The van der Waals surface area contributed by atoms with E-state index in [2.05, 4.69) is 25.9 Å². The van der Waals surface area contributed by atoms with Gasteiger partial charge in [-0.2, -0.15) is 0 Å². The molecule has 3 aromatic heterocycles. The summed E-state index contributed by atoms with van der Waals surface area (Å²) in [5, 5.41) is 30.0. The van der Waals surface area contributed by atoms with Gasteiger partial charge in [0.25, 0.3) is 5.91 Å². The highest BCUT2D eigenvalue weighted by atomic mass is 32.2. The van der Waals surface area contributed by atoms with Crippen LogP contribution in [0.3, 0.4) is 0 Å². The number of tetrazole rings is 1. The van der Waals surface area contributed by atoms with Crippen molar-refractivity contribution in [3.63, 3.8) is 0 Å². The molecular formula is C18H15N7O4S3. The van der Waals surface area contributed by atoms with Crippen molar-refractivity contribution in [1.29, 1.82) is 0 Å². The van der Waals surface area contributed by atoms with Crippen LogP contribution in [0.4, 0.5) is 0 Å². The fourth-order valence-electron chi connectivity index (χ4n) is 3.46. The van der Waals surface area contributed by atoms with Crippen LogP contribution in [-0.4, -0.2) is 76.0 Å². The van der Waals surface area contributed by atoms with E-state index in [0.29, 0.717) is 27.8 Å². The van der Waals surface area contributed by atoms with Crippen LogP contribution in [0.15, 0.2) is 45.9 Å². The molecule has 1 saturated heterocycles. The largest absolute Gasteiger partial charge is 0.477 e. The highest BCUT2D eigenvalue weighted by Gasteiger charge is 2.54. The summed E-state index contributed by atoms with van der Waals surface area (Å²) >= 11 is 4.25. The van der Waals surface area contributed by atoms with Gasteiger partial charge in [-0.3, -0.25) is 14.5 Å². The van der Waals surface area contributed by atoms with Crippen molar-refractivity contribution in [3.05, 3.63) is 45.8 Å². The zero-order valence-electron chi connectivity index (χ0n) is 16.2. The number of aromatic nitrogens is 5. The van der Waals surface area contributed by atoms with E-state index in [1.807, 2.05) is 17.5 Å². The number of rotatable bonds is 7. The normalized spacial score (nSPS) is 20.2. The van der Waals surface area contributed by atoms with Gasteiger partial charge in [0.05, 0.1) is 6.42 Å². The second-order valence-electron chi connectivity index (χ2n) is 6.96. The Morgan fingerprint density at radius 1 is 1.31 bits per heavy atom. The van der Waals surface area contributed by atoms with Gasteiger partial charge in [0.15, 0.2) is 5.65 Å². The van der Waals surface area contributed by atoms with Crippen LogP contribution in [0.1, 0.15) is 4.88 Å². The van der Waals surface area contributed by atoms with Crippen molar-refractivity contribution in [1.82, 2.24) is 35.5 Å². The Hall–Kier alpha value is -2.97. The third-order valence-corrected chi connectivity index (χ3v) is 8.14. The van der Waals surface area contributed by atoms with E-state index in [1.165, 1.54) is 44.4 Å². The molecule has 0 bridgehead atoms. The second-order valence-corrected chi connectivity index (χ2v) is 10.1. The summed E-state index contributed by atoms with van der Waals surface area (Å²) in [6.07, 6.45) is 0.195. The third kappa shape index (κ3) is 3.84. The molecule has 1 fully saturated rings. The molecule has 1 unspecified atom stereocenters. The van der Waals surface area contributed by atoms with Crippen LogP contribution in [0.5, 0.6) is 0 Å². The van der Waals surface area contributed by atoms with E-state index >= 15 is 0 Å². The summed E-state index contributed by atoms with van der Waals surface area (Å²) in [5.74, 6) is -1.03. The van der Waals surface area contributed by atoms with Gasteiger partial charge in [0, 0.05) is 16.4 Å². The van der Waals surface area contributed by atoms with Crippen molar-refractivity contribution in [3.8, 4) is 0 Å². The molecule has 2 aliphatic rings. The van der Waals surface area contributed by atoms with Gasteiger partial charge in [-0.05, 0) is 39.6 Å². The molecular weight excluding hydrogens is 474 g/mol. The van der Waals surface area contributed by atoms with Crippen LogP contribution in [0.2, 0.25) is 0 Å². The standard InChI is InChI=1S/C18H15N7O4S3/c26-12(6-10-2-1-5-30-10)19-14-16(27)24-15(18(28)29)9(8-32-17(14)24)7-31-13-4-3-11-20-22-23-25(11)21-13/h1-5,14,17H,6-8H2,(H,19,26)(H,28,29)/t14?,17-/m1/s1. The molecule has 5 heterocycles. The first-order valence-corrected chi connectivity index (χ1v) is 12.3. The number of carboxylic acids is 1. The van der Waals surface area contributed by atoms with E-state index in [4.69, 9.17) is 0 Å². The zero-order valence-corrected chi connectivity index (χ0v) is 18.7. The molecule has 2 N–H and O–H groups in total. The van der Waals surface area contributed by atoms with Gasteiger partial charge in [0.2, 0.25) is 5.91 Å². The van der Waals surface area contributed by atoms with Crippen LogP contribution in [0, 0.1) is 0 Å². The van der Waals surface area contributed by atoms with Crippen molar-refractivity contribution in [2.75, 3.05) is 11.5 Å². The van der Waals surface area contributed by atoms with Gasteiger partial charge in [-0.25, -0.2) is 4.79 Å². The molecule has 0 radical (unpaired) electrons. The lowest BCUT2D eigenvalue weighted by molar-refractivity contribution is -0.150. The Morgan fingerprint density at radius 2 is 2.19 bits per heavy atom. The summed E-state index contributed by atoms with van der Waals surface area (Å²) in [5.41, 5.74) is 1.12. The summed E-state index contributed by atoms with van der Waals surface area (Å²) < 4.78 is 1.29. The average Bonchev–Trinajstić information content (AvgIpc) is 3.46. The zero-order chi connectivity index (χ0) is 22.2. The van der Waals surface area contributed by atoms with Gasteiger partial charge in [-0.1, -0.05) is 6.07 Å². The molecule has 2 amide bonds. The summed E-state index contributed by atoms with van der Waals surface area (Å²) in [6.45, 7) is 0. The van der Waals surface area contributed by atoms with E-state index in [9.17, 15) is 19.5 Å². The average molecular weight is 490 g/mol. The SMILES string of the molecule is O=C(Cc1cccs1)NC1C(=O)N2C(C(=O)O)=C(CSc3ccc4nnnn4n3)CS[C@H]12. The van der Waals surface area contributed by atoms with Gasteiger partial charge in [-0.15, -0.1) is 49.7 Å². The number of carbonyl (C=O) groups is 3. The minimum atomic E-state index is -1.16. The van der Waals surface area contributed by atoms with Crippen LogP contribution < -0.4 is 5.32 Å². The van der Waals surface area contributed by atoms with Gasteiger partial charge in [0.1, 0.15) is 22.1 Å². The molecule has 0 aromatic carbocycles. The number of fused-ring (bicyclic) bond motifs is 2. The van der Waals surface area contributed by atoms with E-state index < -0.39 is 23.3 Å². The maximum Gasteiger partial charge on any atom is 0.352 e. The first-order valence-electron chi connectivity index (χ1n) is 9.41. The number of hydrogen-bond acceptors (Lipinski definition) is 10. The fraction of sp³-hybridized carbons (Fsp3) is 0.278. The smallest absolute Gasteiger partial charge is 0.352 e. The van der Waals surface area contributed by atoms with E-state index in [-0.39, 0.29) is 18.0 Å². The lowest BCUT2D eigenvalue weighted by Gasteiger charge is -2.49. The molecule has 164 valence electrons. The summed E-state index contributed by atoms with van der Waals surface area (Å²) in [4.78, 5) is 39.2. The number of thiophene rings is 1. The number of nitrogens with zero attached hydrogens (tertiary/aromatic N) is 6. The van der Waals surface area contributed by atoms with E-state index in [1.54, 1.807) is 12.1 Å². The van der Waals surface area contributed by atoms with Gasteiger partial charge >= 0.3 is 5.97 Å².